The first kappa shape index (κ1) is 24.9. The van der Waals surface area contributed by atoms with Crippen molar-refractivity contribution in [3.8, 4) is 0 Å². The highest BCUT2D eigenvalue weighted by Gasteiger charge is 2.30. The lowest BCUT2D eigenvalue weighted by Gasteiger charge is -2.33. The Balaban J connectivity index is 2.14. The van der Waals surface area contributed by atoms with E-state index in [2.05, 4.69) is 5.32 Å². The van der Waals surface area contributed by atoms with Crippen molar-refractivity contribution in [2.75, 3.05) is 5.75 Å². The van der Waals surface area contributed by atoms with Crippen molar-refractivity contribution in [2.24, 2.45) is 0 Å². The van der Waals surface area contributed by atoms with E-state index in [-0.39, 0.29) is 35.7 Å². The molecule has 7 heteroatoms. The average Bonchev–Trinajstić information content (AvgIpc) is 2.69. The molecule has 168 valence electrons. The molecule has 0 saturated heterocycles. The van der Waals surface area contributed by atoms with Gasteiger partial charge in [0.25, 0.3) is 0 Å². The van der Waals surface area contributed by atoms with Crippen molar-refractivity contribution >= 4 is 23.6 Å². The van der Waals surface area contributed by atoms with Gasteiger partial charge < -0.3 is 10.2 Å². The SMILES string of the molecule is CC[C@H](C(=O)NC(C)(C)C)N(Cc1ccc(F)cc1)C(=O)CSCc1ccc(F)cc1. The zero-order valence-corrected chi connectivity index (χ0v) is 19.3. The summed E-state index contributed by atoms with van der Waals surface area (Å²) in [6, 6.07) is 11.5. The van der Waals surface area contributed by atoms with Crippen molar-refractivity contribution in [1.82, 2.24) is 10.2 Å². The number of amides is 2. The molecule has 1 atom stereocenters. The standard InChI is InChI=1S/C24H30F2N2O2S/c1-5-21(23(30)27-24(2,3)4)28(14-17-6-10-19(25)11-7-17)22(29)16-31-15-18-8-12-20(26)13-9-18/h6-13,21H,5,14-16H2,1-4H3,(H,27,30)/t21-/m1/s1. The van der Waals surface area contributed by atoms with E-state index in [0.717, 1.165) is 11.1 Å². The molecule has 0 bridgehead atoms. The number of hydrogen-bond acceptors (Lipinski definition) is 3. The molecule has 2 rings (SSSR count). The number of halogens is 2. The molecule has 2 aromatic carbocycles. The normalized spacial score (nSPS) is 12.3. The minimum atomic E-state index is -0.636. The summed E-state index contributed by atoms with van der Waals surface area (Å²) >= 11 is 1.41. The van der Waals surface area contributed by atoms with Crippen LogP contribution in [0.2, 0.25) is 0 Å². The number of nitrogens with one attached hydrogen (secondary N) is 1. The lowest BCUT2D eigenvalue weighted by Crippen LogP contribution is -2.53. The molecular formula is C24H30F2N2O2S. The Morgan fingerprint density at radius 3 is 1.97 bits per heavy atom. The molecule has 0 heterocycles. The van der Waals surface area contributed by atoms with Crippen molar-refractivity contribution in [3.05, 3.63) is 71.3 Å². The minimum Gasteiger partial charge on any atom is -0.350 e. The maximum atomic E-state index is 13.3. The first-order chi connectivity index (χ1) is 14.6. The van der Waals surface area contributed by atoms with Crippen LogP contribution in [0.4, 0.5) is 8.78 Å². The van der Waals surface area contributed by atoms with Crippen LogP contribution in [0.3, 0.4) is 0 Å². The van der Waals surface area contributed by atoms with Crippen LogP contribution in [0.1, 0.15) is 45.2 Å². The third-order valence-electron chi connectivity index (χ3n) is 4.56. The van der Waals surface area contributed by atoms with Crippen molar-refractivity contribution in [1.29, 1.82) is 0 Å². The van der Waals surface area contributed by atoms with E-state index in [1.165, 1.54) is 36.0 Å². The van der Waals surface area contributed by atoms with Gasteiger partial charge in [-0.1, -0.05) is 31.2 Å². The molecule has 0 aliphatic rings. The van der Waals surface area contributed by atoms with E-state index in [0.29, 0.717) is 12.2 Å². The third-order valence-corrected chi connectivity index (χ3v) is 5.55. The Labute approximate surface area is 187 Å². The van der Waals surface area contributed by atoms with Gasteiger partial charge in [-0.15, -0.1) is 11.8 Å². The van der Waals surface area contributed by atoms with E-state index in [9.17, 15) is 18.4 Å². The predicted molar refractivity (Wildman–Crippen MR) is 121 cm³/mol. The van der Waals surface area contributed by atoms with Gasteiger partial charge in [0.15, 0.2) is 0 Å². The summed E-state index contributed by atoms with van der Waals surface area (Å²) in [5, 5.41) is 2.95. The lowest BCUT2D eigenvalue weighted by molar-refractivity contribution is -0.140. The van der Waals surface area contributed by atoms with Gasteiger partial charge in [-0.05, 0) is 62.6 Å². The van der Waals surface area contributed by atoms with Crippen LogP contribution in [-0.4, -0.2) is 34.0 Å². The molecule has 31 heavy (non-hydrogen) atoms. The molecule has 4 nitrogen and oxygen atoms in total. The van der Waals surface area contributed by atoms with Gasteiger partial charge in [0.1, 0.15) is 17.7 Å². The fourth-order valence-corrected chi connectivity index (χ4v) is 3.95. The number of carbonyl (C=O) groups is 2. The second-order valence-corrected chi connectivity index (χ2v) is 9.42. The summed E-state index contributed by atoms with van der Waals surface area (Å²) < 4.78 is 26.4. The van der Waals surface area contributed by atoms with E-state index < -0.39 is 11.6 Å². The Bertz CT molecular complexity index is 865. The number of benzene rings is 2. The van der Waals surface area contributed by atoms with Gasteiger partial charge >= 0.3 is 0 Å². The second kappa shape index (κ2) is 11.3. The van der Waals surface area contributed by atoms with Gasteiger partial charge in [-0.3, -0.25) is 9.59 Å². The number of thioether (sulfide) groups is 1. The Kier molecular flexibility index (Phi) is 9.04. The van der Waals surface area contributed by atoms with Crippen LogP contribution in [0.5, 0.6) is 0 Å². The Hall–Kier alpha value is -2.41. The molecular weight excluding hydrogens is 418 g/mol. The highest BCUT2D eigenvalue weighted by atomic mass is 32.2. The van der Waals surface area contributed by atoms with Crippen LogP contribution < -0.4 is 5.32 Å². The topological polar surface area (TPSA) is 49.4 Å². The molecule has 0 aliphatic carbocycles. The first-order valence-corrected chi connectivity index (χ1v) is 11.4. The van der Waals surface area contributed by atoms with Crippen LogP contribution in [0, 0.1) is 11.6 Å². The number of hydrogen-bond donors (Lipinski definition) is 1. The lowest BCUT2D eigenvalue weighted by atomic mass is 10.1. The largest absolute Gasteiger partial charge is 0.350 e. The molecule has 0 unspecified atom stereocenters. The van der Waals surface area contributed by atoms with Crippen molar-refractivity contribution < 1.29 is 18.4 Å². The number of carbonyl (C=O) groups excluding carboxylic acids is 2. The smallest absolute Gasteiger partial charge is 0.243 e. The molecule has 0 saturated carbocycles. The van der Waals surface area contributed by atoms with E-state index in [1.54, 1.807) is 29.2 Å². The molecule has 0 aromatic heterocycles. The first-order valence-electron chi connectivity index (χ1n) is 10.3. The summed E-state index contributed by atoms with van der Waals surface area (Å²) in [5.74, 6) is -0.305. The molecule has 2 aromatic rings. The number of rotatable bonds is 9. The van der Waals surface area contributed by atoms with Crippen LogP contribution in [-0.2, 0) is 21.9 Å². The Morgan fingerprint density at radius 1 is 0.968 bits per heavy atom. The summed E-state index contributed by atoms with van der Waals surface area (Å²) in [7, 11) is 0. The van der Waals surface area contributed by atoms with Crippen molar-refractivity contribution in [2.45, 2.75) is 58.0 Å². The minimum absolute atomic E-state index is 0.174. The third kappa shape index (κ3) is 8.32. The summed E-state index contributed by atoms with van der Waals surface area (Å²) in [6.45, 7) is 7.75. The fourth-order valence-electron chi connectivity index (χ4n) is 3.08. The molecule has 1 N–H and O–H groups in total. The predicted octanol–water partition coefficient (Wildman–Crippen LogP) is 4.92. The molecule has 0 radical (unpaired) electrons. The van der Waals surface area contributed by atoms with E-state index in [4.69, 9.17) is 0 Å². The summed E-state index contributed by atoms with van der Waals surface area (Å²) in [5.41, 5.74) is 1.24. The molecule has 0 fully saturated rings. The molecule has 0 aliphatic heterocycles. The van der Waals surface area contributed by atoms with E-state index in [1.807, 2.05) is 27.7 Å². The summed E-state index contributed by atoms with van der Waals surface area (Å²) in [4.78, 5) is 27.6. The van der Waals surface area contributed by atoms with Gasteiger partial charge in [-0.25, -0.2) is 8.78 Å². The highest BCUT2D eigenvalue weighted by Crippen LogP contribution is 2.18. The van der Waals surface area contributed by atoms with Crippen molar-refractivity contribution in [3.63, 3.8) is 0 Å². The van der Waals surface area contributed by atoms with Crippen LogP contribution in [0.25, 0.3) is 0 Å². The molecule has 2 amide bonds. The maximum Gasteiger partial charge on any atom is 0.243 e. The average molecular weight is 449 g/mol. The quantitative estimate of drug-likeness (QED) is 0.592. The fraction of sp³-hybridized carbons (Fsp3) is 0.417. The monoisotopic (exact) mass is 448 g/mol. The zero-order chi connectivity index (χ0) is 23.0. The highest BCUT2D eigenvalue weighted by molar-refractivity contribution is 7.99. The maximum absolute atomic E-state index is 13.3. The van der Waals surface area contributed by atoms with Gasteiger partial charge in [0.2, 0.25) is 11.8 Å². The van der Waals surface area contributed by atoms with Gasteiger partial charge in [0, 0.05) is 17.8 Å². The second-order valence-electron chi connectivity index (χ2n) is 8.43. The van der Waals surface area contributed by atoms with E-state index >= 15 is 0 Å². The number of nitrogens with zero attached hydrogens (tertiary/aromatic N) is 1. The zero-order valence-electron chi connectivity index (χ0n) is 18.5. The van der Waals surface area contributed by atoms with Gasteiger partial charge in [0.05, 0.1) is 5.75 Å². The Morgan fingerprint density at radius 2 is 1.48 bits per heavy atom. The van der Waals surface area contributed by atoms with Crippen LogP contribution in [0.15, 0.2) is 48.5 Å². The van der Waals surface area contributed by atoms with Gasteiger partial charge in [-0.2, -0.15) is 0 Å². The molecule has 0 spiro atoms. The van der Waals surface area contributed by atoms with Crippen LogP contribution >= 0.6 is 11.8 Å². The summed E-state index contributed by atoms with van der Waals surface area (Å²) in [6.07, 6.45) is 0.456.